The molecule has 1 heterocycles. The zero-order valence-corrected chi connectivity index (χ0v) is 13.5. The average molecular weight is 322 g/mol. The highest BCUT2D eigenvalue weighted by atomic mass is 79.9. The van der Waals surface area contributed by atoms with Crippen molar-refractivity contribution in [3.63, 3.8) is 0 Å². The second kappa shape index (κ2) is 5.78. The Hall–Kier alpha value is -1.29. The number of aryl methyl sites for hydroxylation is 3. The number of anilines is 1. The zero-order chi connectivity index (χ0) is 14.0. The van der Waals surface area contributed by atoms with E-state index in [1.54, 1.807) is 0 Å². The van der Waals surface area contributed by atoms with Gasteiger partial charge in [0.05, 0.1) is 17.9 Å². The molecule has 0 saturated heterocycles. The van der Waals surface area contributed by atoms with E-state index in [0.29, 0.717) is 0 Å². The minimum atomic E-state index is 0.234. The van der Waals surface area contributed by atoms with Crippen molar-refractivity contribution in [1.29, 1.82) is 0 Å². The van der Waals surface area contributed by atoms with Crippen LogP contribution in [0, 0.1) is 13.8 Å². The number of aromatic nitrogens is 2. The topological polar surface area (TPSA) is 29.9 Å². The summed E-state index contributed by atoms with van der Waals surface area (Å²) in [4.78, 5) is 0. The van der Waals surface area contributed by atoms with E-state index in [9.17, 15) is 0 Å². The Labute approximate surface area is 123 Å². The van der Waals surface area contributed by atoms with E-state index in [4.69, 9.17) is 0 Å². The van der Waals surface area contributed by atoms with Crippen molar-refractivity contribution in [2.24, 2.45) is 0 Å². The highest BCUT2D eigenvalue weighted by Gasteiger charge is 2.11. The fourth-order valence-corrected chi connectivity index (χ4v) is 2.96. The van der Waals surface area contributed by atoms with E-state index in [1.165, 1.54) is 16.7 Å². The fourth-order valence-electron chi connectivity index (χ4n) is 2.17. The van der Waals surface area contributed by atoms with Crippen molar-refractivity contribution in [3.8, 4) is 0 Å². The number of nitrogens with one attached hydrogen (secondary N) is 1. The van der Waals surface area contributed by atoms with Gasteiger partial charge in [0.25, 0.3) is 0 Å². The maximum Gasteiger partial charge on any atom is 0.0542 e. The van der Waals surface area contributed by atoms with E-state index >= 15 is 0 Å². The van der Waals surface area contributed by atoms with Crippen molar-refractivity contribution in [2.75, 3.05) is 5.32 Å². The minimum Gasteiger partial charge on any atom is -0.377 e. The van der Waals surface area contributed by atoms with Gasteiger partial charge in [0.2, 0.25) is 0 Å². The molecule has 0 amide bonds. The maximum atomic E-state index is 4.32. The molecule has 0 spiro atoms. The molecule has 2 rings (SSSR count). The van der Waals surface area contributed by atoms with Gasteiger partial charge >= 0.3 is 0 Å². The van der Waals surface area contributed by atoms with Crippen molar-refractivity contribution in [1.82, 2.24) is 9.78 Å². The number of benzene rings is 1. The lowest BCUT2D eigenvalue weighted by molar-refractivity contribution is 0.658. The molecule has 102 valence electrons. The van der Waals surface area contributed by atoms with Gasteiger partial charge in [-0.25, -0.2) is 0 Å². The van der Waals surface area contributed by atoms with E-state index in [1.807, 2.05) is 10.9 Å². The lowest BCUT2D eigenvalue weighted by Gasteiger charge is -2.18. The summed E-state index contributed by atoms with van der Waals surface area (Å²) in [6.45, 7) is 9.39. The van der Waals surface area contributed by atoms with Gasteiger partial charge in [0, 0.05) is 22.8 Å². The van der Waals surface area contributed by atoms with Crippen LogP contribution in [-0.4, -0.2) is 9.78 Å². The third kappa shape index (κ3) is 3.18. The molecule has 0 aliphatic heterocycles. The van der Waals surface area contributed by atoms with E-state index in [0.717, 1.165) is 16.7 Å². The molecule has 19 heavy (non-hydrogen) atoms. The number of rotatable bonds is 4. The lowest BCUT2D eigenvalue weighted by atomic mass is 10.1. The summed E-state index contributed by atoms with van der Waals surface area (Å²) >= 11 is 3.63. The summed E-state index contributed by atoms with van der Waals surface area (Å²) in [5, 5.41) is 7.88. The standard InChI is InChI=1S/C15H20BrN3/c1-5-19-9-13(8-17-19)12(4)18-15-11(3)6-10(2)7-14(15)16/h6-9,12,18H,5H2,1-4H3. The van der Waals surface area contributed by atoms with Crippen LogP contribution in [0.1, 0.15) is 36.6 Å². The molecule has 0 saturated carbocycles. The highest BCUT2D eigenvalue weighted by Crippen LogP contribution is 2.30. The summed E-state index contributed by atoms with van der Waals surface area (Å²) in [6, 6.07) is 4.56. The second-order valence-corrected chi connectivity index (χ2v) is 5.79. The first-order valence-electron chi connectivity index (χ1n) is 6.57. The SMILES string of the molecule is CCn1cc(C(C)Nc2c(C)cc(C)cc2Br)cn1. The summed E-state index contributed by atoms with van der Waals surface area (Å²) in [6.07, 6.45) is 4.02. The molecule has 0 aliphatic carbocycles. The molecule has 4 heteroatoms. The predicted molar refractivity (Wildman–Crippen MR) is 83.6 cm³/mol. The van der Waals surface area contributed by atoms with Crippen LogP contribution in [0.3, 0.4) is 0 Å². The zero-order valence-electron chi connectivity index (χ0n) is 11.9. The number of halogens is 1. The Morgan fingerprint density at radius 1 is 1.37 bits per heavy atom. The summed E-state index contributed by atoms with van der Waals surface area (Å²) in [5.74, 6) is 0. The molecule has 3 nitrogen and oxygen atoms in total. The second-order valence-electron chi connectivity index (χ2n) is 4.93. The minimum absolute atomic E-state index is 0.234. The largest absolute Gasteiger partial charge is 0.377 e. The Balaban J connectivity index is 2.21. The van der Waals surface area contributed by atoms with Crippen LogP contribution in [0.15, 0.2) is 29.0 Å². The lowest BCUT2D eigenvalue weighted by Crippen LogP contribution is -2.08. The molecular weight excluding hydrogens is 302 g/mol. The maximum absolute atomic E-state index is 4.32. The third-order valence-corrected chi connectivity index (χ3v) is 3.90. The average Bonchev–Trinajstić information content (AvgIpc) is 2.82. The van der Waals surface area contributed by atoms with Gasteiger partial charge in [-0.2, -0.15) is 5.10 Å². The molecule has 0 aliphatic rings. The van der Waals surface area contributed by atoms with Crippen LogP contribution in [0.4, 0.5) is 5.69 Å². The van der Waals surface area contributed by atoms with Crippen molar-refractivity contribution in [3.05, 3.63) is 45.7 Å². The summed E-state index contributed by atoms with van der Waals surface area (Å²) in [5.41, 5.74) is 4.87. The predicted octanol–water partition coefficient (Wildman–Crippen LogP) is 4.46. The van der Waals surface area contributed by atoms with E-state index in [-0.39, 0.29) is 6.04 Å². The number of hydrogen-bond acceptors (Lipinski definition) is 2. The van der Waals surface area contributed by atoms with Gasteiger partial charge in [-0.15, -0.1) is 0 Å². The highest BCUT2D eigenvalue weighted by molar-refractivity contribution is 9.10. The molecule has 1 atom stereocenters. The molecule has 0 fully saturated rings. The quantitative estimate of drug-likeness (QED) is 0.901. The monoisotopic (exact) mass is 321 g/mol. The van der Waals surface area contributed by atoms with Crippen LogP contribution in [-0.2, 0) is 6.54 Å². The van der Waals surface area contributed by atoms with Crippen LogP contribution >= 0.6 is 15.9 Å². The number of hydrogen-bond donors (Lipinski definition) is 1. The Morgan fingerprint density at radius 2 is 2.11 bits per heavy atom. The molecule has 1 aromatic heterocycles. The van der Waals surface area contributed by atoms with Crippen LogP contribution in [0.2, 0.25) is 0 Å². The van der Waals surface area contributed by atoms with Crippen LogP contribution in [0.5, 0.6) is 0 Å². The van der Waals surface area contributed by atoms with Crippen molar-refractivity contribution in [2.45, 2.75) is 40.3 Å². The molecule has 0 radical (unpaired) electrons. The van der Waals surface area contributed by atoms with Gasteiger partial charge in [-0.05, 0) is 60.8 Å². The molecule has 2 aromatic rings. The molecule has 0 bridgehead atoms. The first-order valence-corrected chi connectivity index (χ1v) is 7.36. The normalized spacial score (nSPS) is 12.5. The first-order chi connectivity index (χ1) is 9.01. The Kier molecular flexibility index (Phi) is 4.30. The molecular formula is C15H20BrN3. The van der Waals surface area contributed by atoms with E-state index < -0.39 is 0 Å². The van der Waals surface area contributed by atoms with Gasteiger partial charge in [0.15, 0.2) is 0 Å². The molecule has 1 N–H and O–H groups in total. The smallest absolute Gasteiger partial charge is 0.0542 e. The summed E-state index contributed by atoms with van der Waals surface area (Å²) in [7, 11) is 0. The number of nitrogens with zero attached hydrogens (tertiary/aromatic N) is 2. The van der Waals surface area contributed by atoms with E-state index in [2.05, 4.69) is 72.4 Å². The Morgan fingerprint density at radius 3 is 2.68 bits per heavy atom. The van der Waals surface area contributed by atoms with Crippen molar-refractivity contribution < 1.29 is 0 Å². The first kappa shape index (κ1) is 14.1. The van der Waals surface area contributed by atoms with Gasteiger partial charge < -0.3 is 5.32 Å². The fraction of sp³-hybridized carbons (Fsp3) is 0.400. The molecule has 1 unspecified atom stereocenters. The van der Waals surface area contributed by atoms with Crippen LogP contribution in [0.25, 0.3) is 0 Å². The van der Waals surface area contributed by atoms with Crippen LogP contribution < -0.4 is 5.32 Å². The van der Waals surface area contributed by atoms with Gasteiger partial charge in [0.1, 0.15) is 0 Å². The van der Waals surface area contributed by atoms with Gasteiger partial charge in [-0.1, -0.05) is 6.07 Å². The molecule has 1 aromatic carbocycles. The Bertz CT molecular complexity index is 552. The summed E-state index contributed by atoms with van der Waals surface area (Å²) < 4.78 is 3.06. The van der Waals surface area contributed by atoms with Crippen molar-refractivity contribution >= 4 is 21.6 Å². The third-order valence-electron chi connectivity index (χ3n) is 3.27. The van der Waals surface area contributed by atoms with Gasteiger partial charge in [-0.3, -0.25) is 4.68 Å².